The summed E-state index contributed by atoms with van der Waals surface area (Å²) >= 11 is 1.81. The van der Waals surface area contributed by atoms with Crippen molar-refractivity contribution in [3.8, 4) is 0 Å². The summed E-state index contributed by atoms with van der Waals surface area (Å²) in [5.74, 6) is 2.90. The van der Waals surface area contributed by atoms with Gasteiger partial charge in [-0.05, 0) is 45.1 Å². The van der Waals surface area contributed by atoms with Crippen molar-refractivity contribution in [2.24, 2.45) is 0 Å². The fourth-order valence-corrected chi connectivity index (χ4v) is 3.27. The Morgan fingerprint density at radius 2 is 2.14 bits per heavy atom. The number of hydrogen-bond acceptors (Lipinski definition) is 5. The molecule has 0 radical (unpaired) electrons. The van der Waals surface area contributed by atoms with Crippen molar-refractivity contribution >= 4 is 23.0 Å². The summed E-state index contributed by atoms with van der Waals surface area (Å²) in [5, 5.41) is 5.50. The minimum Gasteiger partial charge on any atom is -0.370 e. The lowest BCUT2D eigenvalue weighted by molar-refractivity contribution is 0.773. The van der Waals surface area contributed by atoms with Gasteiger partial charge in [0, 0.05) is 23.0 Å². The molecule has 2 aromatic rings. The predicted octanol–water partition coefficient (Wildman–Crippen LogP) is 3.76. The highest BCUT2D eigenvalue weighted by molar-refractivity contribution is 7.09. The normalized spacial score (nSPS) is 14.2. The first-order valence-corrected chi connectivity index (χ1v) is 8.45. The first-order chi connectivity index (χ1) is 10.2. The van der Waals surface area contributed by atoms with E-state index in [4.69, 9.17) is 4.98 Å². The second-order valence-corrected chi connectivity index (χ2v) is 6.57. The molecule has 0 unspecified atom stereocenters. The number of thiophene rings is 1. The molecule has 5 heteroatoms. The SMILES string of the molecule is CCNc1nc(C)nc(N(Cc2cccs2)C2CC2)c1C. The van der Waals surface area contributed by atoms with Gasteiger partial charge in [0.15, 0.2) is 0 Å². The van der Waals surface area contributed by atoms with Gasteiger partial charge in [-0.25, -0.2) is 9.97 Å². The molecule has 112 valence electrons. The van der Waals surface area contributed by atoms with E-state index in [0.29, 0.717) is 6.04 Å². The molecule has 0 aliphatic heterocycles. The summed E-state index contributed by atoms with van der Waals surface area (Å²) in [6.45, 7) is 8.02. The van der Waals surface area contributed by atoms with E-state index in [9.17, 15) is 0 Å². The monoisotopic (exact) mass is 302 g/mol. The lowest BCUT2D eigenvalue weighted by atomic mass is 10.2. The van der Waals surface area contributed by atoms with Crippen LogP contribution in [0.2, 0.25) is 0 Å². The van der Waals surface area contributed by atoms with Gasteiger partial charge in [-0.1, -0.05) is 6.07 Å². The van der Waals surface area contributed by atoms with Gasteiger partial charge in [0.2, 0.25) is 0 Å². The first-order valence-electron chi connectivity index (χ1n) is 7.57. The summed E-state index contributed by atoms with van der Waals surface area (Å²) in [7, 11) is 0. The Hall–Kier alpha value is -1.62. The van der Waals surface area contributed by atoms with Crippen molar-refractivity contribution in [2.45, 2.75) is 46.2 Å². The maximum Gasteiger partial charge on any atom is 0.137 e. The Labute approximate surface area is 130 Å². The van der Waals surface area contributed by atoms with Gasteiger partial charge in [-0.3, -0.25) is 0 Å². The van der Waals surface area contributed by atoms with Crippen LogP contribution in [0.4, 0.5) is 11.6 Å². The second-order valence-electron chi connectivity index (χ2n) is 5.54. The van der Waals surface area contributed by atoms with Gasteiger partial charge in [-0.2, -0.15) is 0 Å². The van der Waals surface area contributed by atoms with Crippen LogP contribution < -0.4 is 10.2 Å². The number of nitrogens with zero attached hydrogens (tertiary/aromatic N) is 3. The van der Waals surface area contributed by atoms with E-state index in [2.05, 4.69) is 46.6 Å². The summed E-state index contributed by atoms with van der Waals surface area (Å²) < 4.78 is 0. The molecule has 1 aliphatic rings. The number of aromatic nitrogens is 2. The fraction of sp³-hybridized carbons (Fsp3) is 0.500. The third-order valence-electron chi connectivity index (χ3n) is 3.74. The molecule has 4 nitrogen and oxygen atoms in total. The highest BCUT2D eigenvalue weighted by atomic mass is 32.1. The van der Waals surface area contributed by atoms with Crippen molar-refractivity contribution in [3.05, 3.63) is 33.8 Å². The van der Waals surface area contributed by atoms with Crippen molar-refractivity contribution in [1.82, 2.24) is 9.97 Å². The van der Waals surface area contributed by atoms with E-state index in [-0.39, 0.29) is 0 Å². The zero-order chi connectivity index (χ0) is 14.8. The third kappa shape index (κ3) is 3.18. The summed E-state index contributed by atoms with van der Waals surface area (Å²) in [5.41, 5.74) is 1.16. The maximum atomic E-state index is 4.74. The van der Waals surface area contributed by atoms with E-state index < -0.39 is 0 Å². The van der Waals surface area contributed by atoms with Crippen molar-refractivity contribution in [2.75, 3.05) is 16.8 Å². The molecule has 0 spiro atoms. The number of anilines is 2. The molecule has 2 aromatic heterocycles. The molecule has 1 aliphatic carbocycles. The number of rotatable bonds is 6. The van der Waals surface area contributed by atoms with Crippen LogP contribution in [0.1, 0.15) is 36.0 Å². The molecule has 1 N–H and O–H groups in total. The van der Waals surface area contributed by atoms with Gasteiger partial charge in [0.25, 0.3) is 0 Å². The lowest BCUT2D eigenvalue weighted by Gasteiger charge is -2.26. The molecular formula is C16H22N4S. The Morgan fingerprint density at radius 1 is 1.33 bits per heavy atom. The maximum absolute atomic E-state index is 4.74. The topological polar surface area (TPSA) is 41.1 Å². The summed E-state index contributed by atoms with van der Waals surface area (Å²) in [4.78, 5) is 13.1. The van der Waals surface area contributed by atoms with E-state index in [1.807, 2.05) is 18.3 Å². The minimum atomic E-state index is 0.634. The van der Waals surface area contributed by atoms with Crippen LogP contribution >= 0.6 is 11.3 Å². The molecule has 2 heterocycles. The second kappa shape index (κ2) is 6.02. The zero-order valence-electron chi connectivity index (χ0n) is 12.9. The van der Waals surface area contributed by atoms with Gasteiger partial charge in [0.1, 0.15) is 17.5 Å². The fourth-order valence-electron chi connectivity index (χ4n) is 2.57. The summed E-state index contributed by atoms with van der Waals surface area (Å²) in [6, 6.07) is 4.96. The first kappa shape index (κ1) is 14.3. The van der Waals surface area contributed by atoms with Crippen LogP contribution in [0.5, 0.6) is 0 Å². The standard InChI is InChI=1S/C16H22N4S/c1-4-17-15-11(2)16(19-12(3)18-15)20(13-7-8-13)10-14-6-5-9-21-14/h5-6,9,13H,4,7-8,10H2,1-3H3,(H,17,18,19). The zero-order valence-corrected chi connectivity index (χ0v) is 13.7. The van der Waals surface area contributed by atoms with E-state index in [1.165, 1.54) is 17.7 Å². The molecule has 0 aromatic carbocycles. The molecule has 0 saturated heterocycles. The van der Waals surface area contributed by atoms with E-state index in [1.54, 1.807) is 0 Å². The van der Waals surface area contributed by atoms with E-state index >= 15 is 0 Å². The molecule has 1 fully saturated rings. The van der Waals surface area contributed by atoms with Crippen molar-refractivity contribution < 1.29 is 0 Å². The largest absolute Gasteiger partial charge is 0.370 e. The lowest BCUT2D eigenvalue weighted by Crippen LogP contribution is -2.27. The van der Waals surface area contributed by atoms with Crippen molar-refractivity contribution in [3.63, 3.8) is 0 Å². The molecule has 3 rings (SSSR count). The third-order valence-corrected chi connectivity index (χ3v) is 4.60. The number of aryl methyl sites for hydroxylation is 1. The Bertz CT molecular complexity index is 605. The Morgan fingerprint density at radius 3 is 2.76 bits per heavy atom. The highest BCUT2D eigenvalue weighted by Crippen LogP contribution is 2.35. The minimum absolute atomic E-state index is 0.634. The quantitative estimate of drug-likeness (QED) is 0.882. The van der Waals surface area contributed by atoms with Crippen LogP contribution in [0, 0.1) is 13.8 Å². The Kier molecular flexibility index (Phi) is 4.10. The molecule has 0 bridgehead atoms. The average molecular weight is 302 g/mol. The molecule has 1 saturated carbocycles. The van der Waals surface area contributed by atoms with Crippen LogP contribution in [0.3, 0.4) is 0 Å². The van der Waals surface area contributed by atoms with Gasteiger partial charge >= 0.3 is 0 Å². The molecule has 21 heavy (non-hydrogen) atoms. The van der Waals surface area contributed by atoms with E-state index in [0.717, 1.165) is 36.1 Å². The molecule has 0 amide bonds. The summed E-state index contributed by atoms with van der Waals surface area (Å²) in [6.07, 6.45) is 2.54. The van der Waals surface area contributed by atoms with Gasteiger partial charge < -0.3 is 10.2 Å². The number of nitrogens with one attached hydrogen (secondary N) is 1. The molecule has 0 atom stereocenters. The van der Waals surface area contributed by atoms with Crippen molar-refractivity contribution in [1.29, 1.82) is 0 Å². The van der Waals surface area contributed by atoms with Crippen LogP contribution in [0.15, 0.2) is 17.5 Å². The van der Waals surface area contributed by atoms with Gasteiger partial charge in [0.05, 0.1) is 6.54 Å². The van der Waals surface area contributed by atoms with Gasteiger partial charge in [-0.15, -0.1) is 11.3 Å². The van der Waals surface area contributed by atoms with Crippen LogP contribution in [-0.4, -0.2) is 22.6 Å². The molecular weight excluding hydrogens is 280 g/mol. The number of hydrogen-bond donors (Lipinski definition) is 1. The van der Waals surface area contributed by atoms with Crippen LogP contribution in [-0.2, 0) is 6.54 Å². The predicted molar refractivity (Wildman–Crippen MR) is 89.2 cm³/mol. The smallest absolute Gasteiger partial charge is 0.137 e. The Balaban J connectivity index is 1.95. The van der Waals surface area contributed by atoms with Crippen LogP contribution in [0.25, 0.3) is 0 Å². The average Bonchev–Trinajstić information content (AvgIpc) is 3.17. The highest BCUT2D eigenvalue weighted by Gasteiger charge is 2.32.